The van der Waals surface area contributed by atoms with Crippen LogP contribution in [0.4, 0.5) is 15.8 Å². The molecule has 1 aliphatic heterocycles. The quantitative estimate of drug-likeness (QED) is 0.259. The summed E-state index contributed by atoms with van der Waals surface area (Å²) in [6.45, 7) is 5.51. The number of fused-ring (bicyclic) bond motifs is 1. The summed E-state index contributed by atoms with van der Waals surface area (Å²) in [7, 11) is 0. The maximum absolute atomic E-state index is 13.2. The molecule has 2 heterocycles. The van der Waals surface area contributed by atoms with Crippen molar-refractivity contribution < 1.29 is 18.8 Å². The van der Waals surface area contributed by atoms with Crippen LogP contribution < -0.4 is 16.0 Å². The second-order valence-electron chi connectivity index (χ2n) is 8.36. The molecule has 1 atom stereocenters. The summed E-state index contributed by atoms with van der Waals surface area (Å²) in [4.78, 5) is 40.7. The minimum Gasteiger partial charge on any atom is -0.357 e. The molecule has 0 bridgehead atoms. The van der Waals surface area contributed by atoms with E-state index in [2.05, 4.69) is 36.9 Å². The summed E-state index contributed by atoms with van der Waals surface area (Å²) in [6.07, 6.45) is 1.72. The van der Waals surface area contributed by atoms with Crippen LogP contribution in [0, 0.1) is 19.7 Å². The lowest BCUT2D eigenvalue weighted by molar-refractivity contribution is -0.114. The maximum Gasteiger partial charge on any atom is 0.256 e. The summed E-state index contributed by atoms with van der Waals surface area (Å²) >= 11 is 3.14. The number of aryl methyl sites for hydroxylation is 1. The first-order valence-electron chi connectivity index (χ1n) is 11.0. The molecule has 0 fully saturated rings. The minimum atomic E-state index is -0.340. The molecule has 0 aliphatic carbocycles. The number of aromatic nitrogens is 1. The highest BCUT2D eigenvalue weighted by Gasteiger charge is 2.26. The van der Waals surface area contributed by atoms with Crippen molar-refractivity contribution in [3.8, 4) is 0 Å². The van der Waals surface area contributed by atoms with Gasteiger partial charge < -0.3 is 20.9 Å². The van der Waals surface area contributed by atoms with Crippen LogP contribution in [0.15, 0.2) is 42.5 Å². The fraction of sp³-hybridized carbons (Fsp3) is 0.192. The van der Waals surface area contributed by atoms with Gasteiger partial charge in [-0.25, -0.2) is 4.39 Å². The molecule has 7 nitrogen and oxygen atoms in total. The Morgan fingerprint density at radius 1 is 1.14 bits per heavy atom. The summed E-state index contributed by atoms with van der Waals surface area (Å²) in [5, 5.41) is 8.75. The SMILES string of the molecule is Cc1[nH]c(/C=C2\C(=O)Nc3ccc(C(=O)N[C@H](C)c4ccc(F)cc4)cc32)c(C)c1NC(=O)CBr. The van der Waals surface area contributed by atoms with E-state index < -0.39 is 0 Å². The normalized spacial score (nSPS) is 14.4. The zero-order valence-corrected chi connectivity index (χ0v) is 21.0. The van der Waals surface area contributed by atoms with E-state index in [1.807, 2.05) is 20.8 Å². The van der Waals surface area contributed by atoms with E-state index in [-0.39, 0.29) is 34.9 Å². The third kappa shape index (κ3) is 5.05. The van der Waals surface area contributed by atoms with Crippen molar-refractivity contribution in [2.24, 2.45) is 0 Å². The number of carbonyl (C=O) groups is 3. The van der Waals surface area contributed by atoms with Gasteiger partial charge in [0.2, 0.25) is 5.91 Å². The standard InChI is InChI=1S/C26H24BrFN4O3/c1-13-22(29-15(3)24(13)32-23(33)12-27)11-20-19-10-17(6-9-21(19)31-26(20)35)25(34)30-14(2)16-4-7-18(28)8-5-16/h4-11,14,29H,12H2,1-3H3,(H,30,34)(H,31,35)(H,32,33)/b20-11-/t14-/m1/s1. The molecule has 35 heavy (non-hydrogen) atoms. The summed E-state index contributed by atoms with van der Waals surface area (Å²) in [5.41, 5.74) is 5.71. The average molecular weight is 539 g/mol. The van der Waals surface area contributed by atoms with E-state index in [1.165, 1.54) is 12.1 Å². The molecule has 1 aliphatic rings. The molecule has 2 aromatic carbocycles. The van der Waals surface area contributed by atoms with Gasteiger partial charge in [0, 0.05) is 28.2 Å². The van der Waals surface area contributed by atoms with Gasteiger partial charge in [-0.05, 0) is 68.3 Å². The Hall–Kier alpha value is -3.72. The number of hydrogen-bond acceptors (Lipinski definition) is 3. The van der Waals surface area contributed by atoms with E-state index in [9.17, 15) is 18.8 Å². The molecule has 0 unspecified atom stereocenters. The van der Waals surface area contributed by atoms with Crippen LogP contribution in [-0.4, -0.2) is 28.0 Å². The Morgan fingerprint density at radius 2 is 1.86 bits per heavy atom. The second kappa shape index (κ2) is 9.87. The Morgan fingerprint density at radius 3 is 2.54 bits per heavy atom. The van der Waals surface area contributed by atoms with Gasteiger partial charge in [0.25, 0.3) is 11.8 Å². The Bertz CT molecular complexity index is 1360. The minimum absolute atomic E-state index is 0.174. The summed E-state index contributed by atoms with van der Waals surface area (Å²) in [5.74, 6) is -1.11. The third-order valence-electron chi connectivity index (χ3n) is 5.93. The molecule has 0 saturated heterocycles. The molecule has 4 rings (SSSR count). The molecule has 4 N–H and O–H groups in total. The van der Waals surface area contributed by atoms with Crippen LogP contribution in [0.2, 0.25) is 0 Å². The molecule has 3 amide bonds. The van der Waals surface area contributed by atoms with Gasteiger partial charge in [0.15, 0.2) is 0 Å². The number of alkyl halides is 1. The molecular formula is C26H24BrFN4O3. The zero-order valence-electron chi connectivity index (χ0n) is 19.4. The van der Waals surface area contributed by atoms with Gasteiger partial charge in [-0.2, -0.15) is 0 Å². The number of benzene rings is 2. The maximum atomic E-state index is 13.2. The molecular weight excluding hydrogens is 515 g/mol. The van der Waals surface area contributed by atoms with E-state index in [0.717, 1.165) is 16.8 Å². The Labute approximate surface area is 210 Å². The molecule has 0 spiro atoms. The van der Waals surface area contributed by atoms with Gasteiger partial charge in [0.05, 0.1) is 22.6 Å². The van der Waals surface area contributed by atoms with Crippen LogP contribution in [0.1, 0.15) is 51.4 Å². The lowest BCUT2D eigenvalue weighted by atomic mass is 10.0. The zero-order chi connectivity index (χ0) is 25.3. The van der Waals surface area contributed by atoms with E-state index >= 15 is 0 Å². The van der Waals surface area contributed by atoms with Crippen molar-refractivity contribution in [2.75, 3.05) is 16.0 Å². The van der Waals surface area contributed by atoms with Crippen molar-refractivity contribution in [1.29, 1.82) is 0 Å². The van der Waals surface area contributed by atoms with Gasteiger partial charge in [-0.15, -0.1) is 0 Å². The molecule has 0 radical (unpaired) electrons. The van der Waals surface area contributed by atoms with E-state index in [1.54, 1.807) is 36.4 Å². The highest BCUT2D eigenvalue weighted by Crippen LogP contribution is 2.35. The second-order valence-corrected chi connectivity index (χ2v) is 8.93. The lowest BCUT2D eigenvalue weighted by Crippen LogP contribution is -2.26. The predicted molar refractivity (Wildman–Crippen MR) is 138 cm³/mol. The fourth-order valence-corrected chi connectivity index (χ4v) is 4.15. The summed E-state index contributed by atoms with van der Waals surface area (Å²) in [6, 6.07) is 10.6. The molecule has 1 aromatic heterocycles. The number of halogens is 2. The molecule has 9 heteroatoms. The van der Waals surface area contributed by atoms with Crippen molar-refractivity contribution in [2.45, 2.75) is 26.8 Å². The number of carbonyl (C=O) groups excluding carboxylic acids is 3. The van der Waals surface area contributed by atoms with Gasteiger partial charge in [-0.3, -0.25) is 14.4 Å². The molecule has 0 saturated carbocycles. The average Bonchev–Trinajstić information content (AvgIpc) is 3.29. The number of H-pyrrole nitrogens is 1. The van der Waals surface area contributed by atoms with Crippen LogP contribution in [0.25, 0.3) is 11.6 Å². The molecule has 3 aromatic rings. The van der Waals surface area contributed by atoms with E-state index in [4.69, 9.17) is 0 Å². The van der Waals surface area contributed by atoms with Gasteiger partial charge >= 0.3 is 0 Å². The van der Waals surface area contributed by atoms with Crippen molar-refractivity contribution >= 4 is 56.7 Å². The largest absolute Gasteiger partial charge is 0.357 e. The highest BCUT2D eigenvalue weighted by molar-refractivity contribution is 9.09. The first-order valence-corrected chi connectivity index (χ1v) is 12.1. The van der Waals surface area contributed by atoms with Crippen molar-refractivity contribution in [3.05, 3.63) is 81.9 Å². The smallest absolute Gasteiger partial charge is 0.256 e. The number of rotatable bonds is 6. The number of nitrogens with one attached hydrogen (secondary N) is 4. The topological polar surface area (TPSA) is 103 Å². The van der Waals surface area contributed by atoms with Crippen molar-refractivity contribution in [3.63, 3.8) is 0 Å². The monoisotopic (exact) mass is 538 g/mol. The third-order valence-corrected chi connectivity index (χ3v) is 6.44. The number of amides is 3. The first-order chi connectivity index (χ1) is 16.7. The van der Waals surface area contributed by atoms with Crippen LogP contribution in [0.5, 0.6) is 0 Å². The van der Waals surface area contributed by atoms with Crippen LogP contribution in [0.3, 0.4) is 0 Å². The molecule has 180 valence electrons. The number of hydrogen-bond donors (Lipinski definition) is 4. The lowest BCUT2D eigenvalue weighted by Gasteiger charge is -2.15. The van der Waals surface area contributed by atoms with Gasteiger partial charge in [0.1, 0.15) is 5.82 Å². The summed E-state index contributed by atoms with van der Waals surface area (Å²) < 4.78 is 13.2. The van der Waals surface area contributed by atoms with Crippen LogP contribution >= 0.6 is 15.9 Å². The van der Waals surface area contributed by atoms with Crippen molar-refractivity contribution in [1.82, 2.24) is 10.3 Å². The van der Waals surface area contributed by atoms with Crippen LogP contribution in [-0.2, 0) is 9.59 Å². The van der Waals surface area contributed by atoms with Gasteiger partial charge in [-0.1, -0.05) is 28.1 Å². The Kier molecular flexibility index (Phi) is 6.88. The first kappa shape index (κ1) is 24.4. The number of anilines is 2. The fourth-order valence-electron chi connectivity index (χ4n) is 4.01. The predicted octanol–water partition coefficient (Wildman–Crippen LogP) is 5.09. The number of aromatic amines is 1. The van der Waals surface area contributed by atoms with E-state index in [0.29, 0.717) is 33.8 Å². The highest BCUT2D eigenvalue weighted by atomic mass is 79.9. The Balaban J connectivity index is 1.61.